The van der Waals surface area contributed by atoms with Gasteiger partial charge in [0.05, 0.1) is 18.0 Å². The molecule has 0 aliphatic carbocycles. The van der Waals surface area contributed by atoms with E-state index in [0.717, 1.165) is 28.2 Å². The molecule has 0 bridgehead atoms. The molecular formula is C18H21NO4S. The summed E-state index contributed by atoms with van der Waals surface area (Å²) in [7, 11) is -1.99. The molecule has 1 atom stereocenters. The van der Waals surface area contributed by atoms with Gasteiger partial charge in [0.15, 0.2) is 0 Å². The van der Waals surface area contributed by atoms with Gasteiger partial charge in [-0.05, 0) is 61.2 Å². The maximum atomic E-state index is 12.7. The molecular weight excluding hydrogens is 326 g/mol. The molecule has 0 saturated carbocycles. The summed E-state index contributed by atoms with van der Waals surface area (Å²) in [4.78, 5) is 0.318. The summed E-state index contributed by atoms with van der Waals surface area (Å²) < 4.78 is 39.1. The first-order valence-corrected chi connectivity index (χ1v) is 9.26. The van der Waals surface area contributed by atoms with Crippen molar-refractivity contribution < 1.29 is 17.9 Å². The van der Waals surface area contributed by atoms with Crippen molar-refractivity contribution in [2.24, 2.45) is 0 Å². The molecule has 0 aromatic heterocycles. The molecule has 128 valence electrons. The van der Waals surface area contributed by atoms with Crippen LogP contribution in [0.25, 0.3) is 0 Å². The van der Waals surface area contributed by atoms with Gasteiger partial charge < -0.3 is 9.47 Å². The van der Waals surface area contributed by atoms with Gasteiger partial charge in [0.1, 0.15) is 18.1 Å². The van der Waals surface area contributed by atoms with E-state index in [0.29, 0.717) is 17.9 Å². The van der Waals surface area contributed by atoms with Crippen molar-refractivity contribution in [2.75, 3.05) is 13.7 Å². The van der Waals surface area contributed by atoms with Crippen LogP contribution in [0.1, 0.15) is 16.7 Å². The lowest BCUT2D eigenvalue weighted by Crippen LogP contribution is -2.42. The Hall–Kier alpha value is -2.05. The first-order valence-electron chi connectivity index (χ1n) is 7.78. The molecule has 0 amide bonds. The van der Waals surface area contributed by atoms with Crippen molar-refractivity contribution >= 4 is 10.0 Å². The minimum absolute atomic E-state index is 0.309. The summed E-state index contributed by atoms with van der Waals surface area (Å²) in [5.41, 5.74) is 2.58. The fraction of sp³-hybridized carbons (Fsp3) is 0.333. The Labute approximate surface area is 142 Å². The normalized spacial score (nSPS) is 17.0. The SMILES string of the molecule is COc1ccc2c(c1)C[C@@H](NS(=O)(=O)c1cc(C)ccc1C)CO2. The van der Waals surface area contributed by atoms with E-state index in [4.69, 9.17) is 9.47 Å². The Bertz CT molecular complexity index is 861. The van der Waals surface area contributed by atoms with Crippen LogP contribution < -0.4 is 14.2 Å². The maximum Gasteiger partial charge on any atom is 0.241 e. The average molecular weight is 347 g/mol. The minimum atomic E-state index is -3.59. The van der Waals surface area contributed by atoms with Crippen molar-refractivity contribution in [1.29, 1.82) is 0 Å². The van der Waals surface area contributed by atoms with Gasteiger partial charge in [-0.15, -0.1) is 0 Å². The number of hydrogen-bond acceptors (Lipinski definition) is 4. The van der Waals surface area contributed by atoms with Gasteiger partial charge in [-0.3, -0.25) is 0 Å². The van der Waals surface area contributed by atoms with E-state index in [1.165, 1.54) is 0 Å². The molecule has 0 saturated heterocycles. The molecule has 2 aromatic rings. The van der Waals surface area contributed by atoms with Crippen molar-refractivity contribution in [2.45, 2.75) is 31.2 Å². The Morgan fingerprint density at radius 2 is 1.96 bits per heavy atom. The Morgan fingerprint density at radius 1 is 1.17 bits per heavy atom. The third-order valence-corrected chi connectivity index (χ3v) is 5.79. The molecule has 1 N–H and O–H groups in total. The van der Waals surface area contributed by atoms with E-state index in [2.05, 4.69) is 4.72 Å². The Kier molecular flexibility index (Phi) is 4.51. The number of ether oxygens (including phenoxy) is 2. The highest BCUT2D eigenvalue weighted by Gasteiger charge is 2.26. The summed E-state index contributed by atoms with van der Waals surface area (Å²) in [6.45, 7) is 3.99. The number of benzene rings is 2. The van der Waals surface area contributed by atoms with Gasteiger partial charge in [0.2, 0.25) is 10.0 Å². The summed E-state index contributed by atoms with van der Waals surface area (Å²) >= 11 is 0. The van der Waals surface area contributed by atoms with Gasteiger partial charge >= 0.3 is 0 Å². The molecule has 1 aliphatic rings. The predicted octanol–water partition coefficient (Wildman–Crippen LogP) is 2.59. The third kappa shape index (κ3) is 3.39. The number of sulfonamides is 1. The van der Waals surface area contributed by atoms with Crippen LogP contribution in [-0.2, 0) is 16.4 Å². The van der Waals surface area contributed by atoms with E-state index < -0.39 is 10.0 Å². The number of aryl methyl sites for hydroxylation is 2. The minimum Gasteiger partial charge on any atom is -0.497 e. The molecule has 5 nitrogen and oxygen atoms in total. The Balaban J connectivity index is 1.82. The zero-order valence-electron chi connectivity index (χ0n) is 14.0. The molecule has 6 heteroatoms. The van der Waals surface area contributed by atoms with Crippen molar-refractivity contribution in [3.05, 3.63) is 53.1 Å². The second-order valence-corrected chi connectivity index (χ2v) is 7.76. The summed E-state index contributed by atoms with van der Waals surface area (Å²) in [5.74, 6) is 1.51. The number of rotatable bonds is 4. The fourth-order valence-corrected chi connectivity index (χ4v) is 4.40. The molecule has 1 heterocycles. The highest BCUT2D eigenvalue weighted by Crippen LogP contribution is 2.29. The molecule has 0 radical (unpaired) electrons. The van der Waals surface area contributed by atoms with E-state index in [9.17, 15) is 8.42 Å². The molecule has 0 fully saturated rings. The first kappa shape index (κ1) is 16.8. The summed E-state index contributed by atoms with van der Waals surface area (Å²) in [5, 5.41) is 0. The zero-order chi connectivity index (χ0) is 17.3. The van der Waals surface area contributed by atoms with Crippen molar-refractivity contribution in [3.8, 4) is 11.5 Å². The van der Waals surface area contributed by atoms with Gasteiger partial charge in [0, 0.05) is 0 Å². The van der Waals surface area contributed by atoms with Crippen LogP contribution in [0.5, 0.6) is 11.5 Å². The lowest BCUT2D eigenvalue weighted by Gasteiger charge is -2.26. The smallest absolute Gasteiger partial charge is 0.241 e. The molecule has 1 aliphatic heterocycles. The summed E-state index contributed by atoms with van der Waals surface area (Å²) in [6.07, 6.45) is 0.566. The topological polar surface area (TPSA) is 64.6 Å². The number of methoxy groups -OCH3 is 1. The molecule has 2 aromatic carbocycles. The van der Waals surface area contributed by atoms with E-state index in [1.807, 2.05) is 37.3 Å². The lowest BCUT2D eigenvalue weighted by atomic mass is 10.0. The van der Waals surface area contributed by atoms with E-state index in [1.54, 1.807) is 20.1 Å². The second kappa shape index (κ2) is 6.45. The van der Waals surface area contributed by atoms with Crippen LogP contribution >= 0.6 is 0 Å². The highest BCUT2D eigenvalue weighted by atomic mass is 32.2. The molecule has 0 unspecified atom stereocenters. The lowest BCUT2D eigenvalue weighted by molar-refractivity contribution is 0.253. The van der Waals surface area contributed by atoms with Crippen LogP contribution in [0, 0.1) is 13.8 Å². The van der Waals surface area contributed by atoms with Gasteiger partial charge in [-0.25, -0.2) is 13.1 Å². The number of fused-ring (bicyclic) bond motifs is 1. The fourth-order valence-electron chi connectivity index (χ4n) is 2.85. The van der Waals surface area contributed by atoms with Crippen LogP contribution in [-0.4, -0.2) is 28.2 Å². The summed E-state index contributed by atoms with van der Waals surface area (Å²) in [6, 6.07) is 10.7. The second-order valence-electron chi connectivity index (χ2n) is 6.08. The zero-order valence-corrected chi connectivity index (χ0v) is 14.8. The maximum absolute atomic E-state index is 12.7. The molecule has 24 heavy (non-hydrogen) atoms. The monoisotopic (exact) mass is 347 g/mol. The van der Waals surface area contributed by atoms with Crippen molar-refractivity contribution in [1.82, 2.24) is 4.72 Å². The third-order valence-electron chi connectivity index (χ3n) is 4.13. The van der Waals surface area contributed by atoms with Crippen molar-refractivity contribution in [3.63, 3.8) is 0 Å². The average Bonchev–Trinajstić information content (AvgIpc) is 2.56. The number of nitrogens with one attached hydrogen (secondary N) is 1. The Morgan fingerprint density at radius 3 is 2.71 bits per heavy atom. The molecule has 0 spiro atoms. The van der Waals surface area contributed by atoms with E-state index >= 15 is 0 Å². The quantitative estimate of drug-likeness (QED) is 0.923. The van der Waals surface area contributed by atoms with Crippen LogP contribution in [0.15, 0.2) is 41.3 Å². The van der Waals surface area contributed by atoms with Gasteiger partial charge in [-0.2, -0.15) is 0 Å². The van der Waals surface area contributed by atoms with Gasteiger partial charge in [-0.1, -0.05) is 12.1 Å². The highest BCUT2D eigenvalue weighted by molar-refractivity contribution is 7.89. The number of hydrogen-bond donors (Lipinski definition) is 1. The van der Waals surface area contributed by atoms with Crippen LogP contribution in [0.2, 0.25) is 0 Å². The first-order chi connectivity index (χ1) is 11.4. The largest absolute Gasteiger partial charge is 0.497 e. The standard InChI is InChI=1S/C18H21NO4S/c1-12-4-5-13(2)18(8-12)24(20,21)19-15-9-14-10-16(22-3)6-7-17(14)23-11-15/h4-8,10,15,19H,9,11H2,1-3H3/t15-/m1/s1. The molecule has 3 rings (SSSR count). The van der Waals surface area contributed by atoms with Gasteiger partial charge in [0.25, 0.3) is 0 Å². The predicted molar refractivity (Wildman–Crippen MR) is 92.2 cm³/mol. The van der Waals surface area contributed by atoms with Crippen LogP contribution in [0.3, 0.4) is 0 Å². The van der Waals surface area contributed by atoms with Crippen LogP contribution in [0.4, 0.5) is 0 Å². The van der Waals surface area contributed by atoms with E-state index in [-0.39, 0.29) is 6.04 Å².